The van der Waals surface area contributed by atoms with Crippen LogP contribution in [0.25, 0.3) is 0 Å². The molecular weight excluding hydrogens is 174 g/mol. The van der Waals surface area contributed by atoms with Gasteiger partial charge in [-0.3, -0.25) is 0 Å². The van der Waals surface area contributed by atoms with Gasteiger partial charge in [-0.25, -0.2) is 0 Å². The minimum Gasteiger partial charge on any atom is -0.392 e. The number of nitrogens with zero attached hydrogens (tertiary/aromatic N) is 1. The topological polar surface area (TPSA) is 23.5 Å². The van der Waals surface area contributed by atoms with Crippen LogP contribution in [0, 0.1) is 5.41 Å². The van der Waals surface area contributed by atoms with E-state index in [-0.39, 0.29) is 6.10 Å². The number of likely N-dealkylation sites (tertiary alicyclic amines) is 1. The molecule has 2 nitrogen and oxygen atoms in total. The Balaban J connectivity index is 2.10. The molecule has 2 heteroatoms. The minimum absolute atomic E-state index is 0.0609. The van der Waals surface area contributed by atoms with Crippen LogP contribution in [0.5, 0.6) is 0 Å². The van der Waals surface area contributed by atoms with E-state index in [0.717, 1.165) is 19.5 Å². The summed E-state index contributed by atoms with van der Waals surface area (Å²) in [7, 11) is 0. The maximum absolute atomic E-state index is 9.36. The van der Waals surface area contributed by atoms with E-state index < -0.39 is 0 Å². The minimum atomic E-state index is -0.0609. The summed E-state index contributed by atoms with van der Waals surface area (Å²) in [5.41, 5.74) is 0.498. The van der Waals surface area contributed by atoms with Crippen molar-refractivity contribution in [2.24, 2.45) is 5.41 Å². The van der Waals surface area contributed by atoms with Crippen LogP contribution < -0.4 is 0 Å². The molecule has 1 heterocycles. The van der Waals surface area contributed by atoms with E-state index >= 15 is 0 Å². The van der Waals surface area contributed by atoms with Crippen molar-refractivity contribution in [3.8, 4) is 0 Å². The molecule has 0 aromatic rings. The van der Waals surface area contributed by atoms with Gasteiger partial charge in [0.05, 0.1) is 6.10 Å². The van der Waals surface area contributed by atoms with E-state index in [1.54, 1.807) is 0 Å². The van der Waals surface area contributed by atoms with Crippen molar-refractivity contribution >= 4 is 0 Å². The van der Waals surface area contributed by atoms with Crippen molar-refractivity contribution in [1.82, 2.24) is 4.90 Å². The molecule has 1 saturated heterocycles. The van der Waals surface area contributed by atoms with Crippen molar-refractivity contribution in [2.75, 3.05) is 19.6 Å². The molecule has 84 valence electrons. The number of rotatable bonds is 5. The van der Waals surface area contributed by atoms with E-state index in [4.69, 9.17) is 0 Å². The standard InChI is InChI=1S/C12H25NO/c1-4-12(2,3)7-5-8-13-9-6-11(14)10-13/h11,14H,4-10H2,1-3H3. The molecule has 0 aliphatic carbocycles. The van der Waals surface area contributed by atoms with Crippen LogP contribution >= 0.6 is 0 Å². The largest absolute Gasteiger partial charge is 0.392 e. The number of hydrogen-bond donors (Lipinski definition) is 1. The lowest BCUT2D eigenvalue weighted by Gasteiger charge is -2.24. The van der Waals surface area contributed by atoms with Gasteiger partial charge in [-0.1, -0.05) is 27.2 Å². The molecule has 0 bridgehead atoms. The van der Waals surface area contributed by atoms with Gasteiger partial charge in [0.25, 0.3) is 0 Å². The van der Waals surface area contributed by atoms with Crippen LogP contribution in [0.3, 0.4) is 0 Å². The fraction of sp³-hybridized carbons (Fsp3) is 1.00. The average molecular weight is 199 g/mol. The van der Waals surface area contributed by atoms with Crippen LogP contribution in [0.4, 0.5) is 0 Å². The number of aliphatic hydroxyl groups excluding tert-OH is 1. The van der Waals surface area contributed by atoms with E-state index in [1.165, 1.54) is 25.8 Å². The van der Waals surface area contributed by atoms with Crippen molar-refractivity contribution < 1.29 is 5.11 Å². The highest BCUT2D eigenvalue weighted by Gasteiger charge is 2.20. The molecule has 1 aliphatic heterocycles. The lowest BCUT2D eigenvalue weighted by atomic mass is 9.85. The first-order valence-electron chi connectivity index (χ1n) is 5.94. The Kier molecular flexibility index (Phi) is 4.39. The zero-order valence-corrected chi connectivity index (χ0v) is 9.92. The molecule has 0 aromatic heterocycles. The Morgan fingerprint density at radius 1 is 1.43 bits per heavy atom. The second kappa shape index (κ2) is 5.13. The smallest absolute Gasteiger partial charge is 0.0679 e. The fourth-order valence-electron chi connectivity index (χ4n) is 1.97. The summed E-state index contributed by atoms with van der Waals surface area (Å²) in [6.45, 7) is 10.1. The summed E-state index contributed by atoms with van der Waals surface area (Å²) >= 11 is 0. The molecule has 0 radical (unpaired) electrons. The Hall–Kier alpha value is -0.0800. The summed E-state index contributed by atoms with van der Waals surface area (Å²) in [4.78, 5) is 2.39. The third kappa shape index (κ3) is 3.97. The van der Waals surface area contributed by atoms with Gasteiger partial charge in [-0.15, -0.1) is 0 Å². The number of β-amino-alcohol motifs (C(OH)–C–C–N with tert-alkyl or cyclic N) is 1. The predicted octanol–water partition coefficient (Wildman–Crippen LogP) is 2.27. The van der Waals surface area contributed by atoms with Gasteiger partial charge in [-0.05, 0) is 31.2 Å². The highest BCUT2D eigenvalue weighted by atomic mass is 16.3. The molecule has 0 aromatic carbocycles. The second-order valence-electron chi connectivity index (χ2n) is 5.36. The summed E-state index contributed by atoms with van der Waals surface area (Å²) in [6, 6.07) is 0. The molecule has 1 aliphatic rings. The molecule has 0 spiro atoms. The first-order chi connectivity index (χ1) is 6.53. The molecule has 1 N–H and O–H groups in total. The third-order valence-corrected chi connectivity index (χ3v) is 3.53. The van der Waals surface area contributed by atoms with Crippen LogP contribution in [-0.2, 0) is 0 Å². The van der Waals surface area contributed by atoms with Crippen LogP contribution in [0.15, 0.2) is 0 Å². The predicted molar refractivity (Wildman–Crippen MR) is 60.4 cm³/mol. The van der Waals surface area contributed by atoms with Crippen LogP contribution in [-0.4, -0.2) is 35.7 Å². The van der Waals surface area contributed by atoms with Crippen molar-refractivity contribution in [3.05, 3.63) is 0 Å². The van der Waals surface area contributed by atoms with Gasteiger partial charge in [0.1, 0.15) is 0 Å². The first kappa shape index (κ1) is 12.0. The van der Waals surface area contributed by atoms with Crippen LogP contribution in [0.2, 0.25) is 0 Å². The maximum atomic E-state index is 9.36. The maximum Gasteiger partial charge on any atom is 0.0679 e. The van der Waals surface area contributed by atoms with E-state index in [2.05, 4.69) is 25.7 Å². The second-order valence-corrected chi connectivity index (χ2v) is 5.36. The zero-order valence-electron chi connectivity index (χ0n) is 9.92. The quantitative estimate of drug-likeness (QED) is 0.734. The lowest BCUT2D eigenvalue weighted by Crippen LogP contribution is -2.24. The summed E-state index contributed by atoms with van der Waals surface area (Å²) in [5.74, 6) is 0. The van der Waals surface area contributed by atoms with Crippen molar-refractivity contribution in [3.63, 3.8) is 0 Å². The fourth-order valence-corrected chi connectivity index (χ4v) is 1.97. The molecular formula is C12H25NO. The Morgan fingerprint density at radius 3 is 2.64 bits per heavy atom. The molecule has 14 heavy (non-hydrogen) atoms. The lowest BCUT2D eigenvalue weighted by molar-refractivity contribution is 0.173. The summed E-state index contributed by atoms with van der Waals surface area (Å²) in [6.07, 6.45) is 4.74. The molecule has 1 rings (SSSR count). The number of hydrogen-bond acceptors (Lipinski definition) is 2. The first-order valence-corrected chi connectivity index (χ1v) is 5.94. The third-order valence-electron chi connectivity index (χ3n) is 3.53. The normalized spacial score (nSPS) is 24.4. The molecule has 1 fully saturated rings. The Bertz CT molecular complexity index is 168. The van der Waals surface area contributed by atoms with Crippen molar-refractivity contribution in [1.29, 1.82) is 0 Å². The summed E-state index contributed by atoms with van der Waals surface area (Å²) < 4.78 is 0. The monoisotopic (exact) mass is 199 g/mol. The van der Waals surface area contributed by atoms with E-state index in [9.17, 15) is 5.11 Å². The van der Waals surface area contributed by atoms with Gasteiger partial charge in [0, 0.05) is 13.1 Å². The van der Waals surface area contributed by atoms with Crippen molar-refractivity contribution in [2.45, 2.75) is 52.6 Å². The molecule has 1 atom stereocenters. The van der Waals surface area contributed by atoms with Crippen LogP contribution in [0.1, 0.15) is 46.5 Å². The van der Waals surface area contributed by atoms with E-state index in [1.807, 2.05) is 0 Å². The highest BCUT2D eigenvalue weighted by molar-refractivity contribution is 4.75. The molecule has 0 saturated carbocycles. The van der Waals surface area contributed by atoms with Gasteiger partial charge < -0.3 is 10.0 Å². The highest BCUT2D eigenvalue weighted by Crippen LogP contribution is 2.26. The van der Waals surface area contributed by atoms with Gasteiger partial charge in [-0.2, -0.15) is 0 Å². The SMILES string of the molecule is CCC(C)(C)CCCN1CCC(O)C1. The zero-order chi connectivity index (χ0) is 10.6. The summed E-state index contributed by atoms with van der Waals surface area (Å²) in [5, 5.41) is 9.36. The van der Waals surface area contributed by atoms with Gasteiger partial charge >= 0.3 is 0 Å². The number of aliphatic hydroxyl groups is 1. The Morgan fingerprint density at radius 2 is 2.14 bits per heavy atom. The molecule has 1 unspecified atom stereocenters. The Labute approximate surface area is 88.3 Å². The molecule has 0 amide bonds. The average Bonchev–Trinajstić information content (AvgIpc) is 2.51. The van der Waals surface area contributed by atoms with Gasteiger partial charge in [0.15, 0.2) is 0 Å². The van der Waals surface area contributed by atoms with Gasteiger partial charge in [0.2, 0.25) is 0 Å². The van der Waals surface area contributed by atoms with E-state index in [0.29, 0.717) is 5.41 Å².